The zero-order valence-corrected chi connectivity index (χ0v) is 20.6. The zero-order chi connectivity index (χ0) is 25.6. The molecular weight excluding hydrogens is 464 g/mol. The standard InChI is InChI=1S/C30H30N4O3/c35-25-14-5-4-12-23(25)30(37)32-17-7-6-11-22-19-20(16-18-31-22)28-29(33-21-9-2-1-3-10-21)27-24(34-28)13-8-15-26(27)36/h1-5,9-10,12,14,16,18-19,33-35H,6-8,11,13,15,17H2,(H,32,37). The quantitative estimate of drug-likeness (QED) is 0.220. The largest absolute Gasteiger partial charge is 0.507 e. The lowest BCUT2D eigenvalue weighted by atomic mass is 9.95. The third-order valence-electron chi connectivity index (χ3n) is 6.63. The summed E-state index contributed by atoms with van der Waals surface area (Å²) in [4.78, 5) is 33.2. The summed E-state index contributed by atoms with van der Waals surface area (Å²) in [7, 11) is 0. The molecule has 5 rings (SSSR count). The monoisotopic (exact) mass is 494 g/mol. The van der Waals surface area contributed by atoms with Crippen LogP contribution in [-0.2, 0) is 12.8 Å². The molecule has 0 aliphatic heterocycles. The first-order valence-electron chi connectivity index (χ1n) is 12.7. The molecule has 4 N–H and O–H groups in total. The van der Waals surface area contributed by atoms with Crippen LogP contribution in [0, 0.1) is 0 Å². The van der Waals surface area contributed by atoms with E-state index in [1.54, 1.807) is 24.4 Å². The summed E-state index contributed by atoms with van der Waals surface area (Å²) in [6.07, 6.45) is 6.49. The van der Waals surface area contributed by atoms with Crippen LogP contribution in [0.2, 0.25) is 0 Å². The van der Waals surface area contributed by atoms with Gasteiger partial charge in [0, 0.05) is 41.8 Å². The van der Waals surface area contributed by atoms with Gasteiger partial charge in [0.25, 0.3) is 5.91 Å². The van der Waals surface area contributed by atoms with Crippen LogP contribution in [0.5, 0.6) is 5.75 Å². The van der Waals surface area contributed by atoms with E-state index < -0.39 is 0 Å². The van der Waals surface area contributed by atoms with Gasteiger partial charge >= 0.3 is 0 Å². The van der Waals surface area contributed by atoms with Crippen molar-refractivity contribution < 1.29 is 14.7 Å². The summed E-state index contributed by atoms with van der Waals surface area (Å²) in [6.45, 7) is 0.517. The number of amides is 1. The van der Waals surface area contributed by atoms with E-state index in [2.05, 4.69) is 26.7 Å². The van der Waals surface area contributed by atoms with Crippen molar-refractivity contribution in [3.63, 3.8) is 0 Å². The number of benzene rings is 2. The number of aromatic nitrogens is 2. The third kappa shape index (κ3) is 5.56. The molecule has 4 aromatic rings. The van der Waals surface area contributed by atoms with Crippen LogP contribution < -0.4 is 10.6 Å². The molecule has 7 nitrogen and oxygen atoms in total. The van der Waals surface area contributed by atoms with Crippen LogP contribution >= 0.6 is 0 Å². The number of carbonyl (C=O) groups is 2. The first-order chi connectivity index (χ1) is 18.1. The number of ketones is 1. The van der Waals surface area contributed by atoms with Gasteiger partial charge in [-0.25, -0.2) is 0 Å². The number of anilines is 2. The fraction of sp³-hybridized carbons (Fsp3) is 0.233. The van der Waals surface area contributed by atoms with Crippen LogP contribution in [0.1, 0.15) is 57.8 Å². The van der Waals surface area contributed by atoms with Gasteiger partial charge < -0.3 is 20.7 Å². The second-order valence-electron chi connectivity index (χ2n) is 9.26. The Kier molecular flexibility index (Phi) is 7.31. The minimum absolute atomic E-state index is 0.0187. The van der Waals surface area contributed by atoms with E-state index in [0.29, 0.717) is 13.0 Å². The van der Waals surface area contributed by atoms with Crippen molar-refractivity contribution in [1.82, 2.24) is 15.3 Å². The van der Waals surface area contributed by atoms with Gasteiger partial charge in [-0.05, 0) is 68.5 Å². The Bertz CT molecular complexity index is 1410. The second-order valence-corrected chi connectivity index (χ2v) is 9.26. The van der Waals surface area contributed by atoms with Gasteiger partial charge in [0.15, 0.2) is 5.78 Å². The summed E-state index contributed by atoms with van der Waals surface area (Å²) < 4.78 is 0. The number of phenolic OH excluding ortho intramolecular Hbond substituents is 1. The van der Waals surface area contributed by atoms with E-state index in [0.717, 1.165) is 71.7 Å². The van der Waals surface area contributed by atoms with Crippen molar-refractivity contribution in [1.29, 1.82) is 0 Å². The second kappa shape index (κ2) is 11.1. The minimum Gasteiger partial charge on any atom is -0.507 e. The predicted octanol–water partition coefficient (Wildman–Crippen LogP) is 5.80. The van der Waals surface area contributed by atoms with Gasteiger partial charge in [0.2, 0.25) is 0 Å². The van der Waals surface area contributed by atoms with E-state index in [4.69, 9.17) is 0 Å². The molecule has 37 heavy (non-hydrogen) atoms. The van der Waals surface area contributed by atoms with Gasteiger partial charge in [-0.2, -0.15) is 0 Å². The number of rotatable bonds is 9. The minimum atomic E-state index is -0.276. The number of aryl methyl sites for hydroxylation is 2. The molecule has 7 heteroatoms. The highest BCUT2D eigenvalue weighted by Gasteiger charge is 2.27. The number of H-pyrrole nitrogens is 1. The molecule has 0 saturated carbocycles. The fourth-order valence-corrected chi connectivity index (χ4v) is 4.77. The van der Waals surface area contributed by atoms with Crippen LogP contribution in [0.15, 0.2) is 72.9 Å². The number of hydrogen-bond acceptors (Lipinski definition) is 5. The maximum Gasteiger partial charge on any atom is 0.255 e. The maximum atomic E-state index is 12.9. The van der Waals surface area contributed by atoms with Crippen LogP contribution in [0.3, 0.4) is 0 Å². The molecule has 2 heterocycles. The van der Waals surface area contributed by atoms with Gasteiger partial charge in [0.1, 0.15) is 5.75 Å². The van der Waals surface area contributed by atoms with E-state index in [-0.39, 0.29) is 23.0 Å². The smallest absolute Gasteiger partial charge is 0.255 e. The Hall–Kier alpha value is -4.39. The number of hydrogen-bond donors (Lipinski definition) is 4. The lowest BCUT2D eigenvalue weighted by Crippen LogP contribution is -2.24. The molecule has 188 valence electrons. The van der Waals surface area contributed by atoms with Gasteiger partial charge in [-0.3, -0.25) is 14.6 Å². The molecule has 0 spiro atoms. The van der Waals surface area contributed by atoms with Gasteiger partial charge in [0.05, 0.1) is 22.5 Å². The Morgan fingerprint density at radius 3 is 2.65 bits per heavy atom. The number of aromatic hydroxyl groups is 1. The molecule has 1 amide bonds. The molecule has 0 saturated heterocycles. The molecule has 1 aliphatic rings. The summed E-state index contributed by atoms with van der Waals surface area (Å²) in [5.41, 5.74) is 6.64. The predicted molar refractivity (Wildman–Crippen MR) is 144 cm³/mol. The average molecular weight is 495 g/mol. The maximum absolute atomic E-state index is 12.9. The first kappa shape index (κ1) is 24.3. The molecule has 0 radical (unpaired) electrons. The number of para-hydroxylation sites is 2. The Labute approximate surface area is 216 Å². The number of unbranched alkanes of at least 4 members (excludes halogenated alkanes) is 1. The van der Waals surface area contributed by atoms with Gasteiger partial charge in [-0.1, -0.05) is 30.3 Å². The molecular formula is C30H30N4O3. The third-order valence-corrected chi connectivity index (χ3v) is 6.63. The fourth-order valence-electron chi connectivity index (χ4n) is 4.77. The summed E-state index contributed by atoms with van der Waals surface area (Å²) >= 11 is 0. The Morgan fingerprint density at radius 2 is 1.81 bits per heavy atom. The van der Waals surface area contributed by atoms with Crippen molar-refractivity contribution in [3.8, 4) is 17.0 Å². The van der Waals surface area contributed by atoms with E-state index in [1.165, 1.54) is 6.07 Å². The SMILES string of the molecule is O=C(NCCCCc1cc(-c2[nH]c3c(c2Nc2ccccc2)C(=O)CCC3)ccn1)c1ccccc1O. The summed E-state index contributed by atoms with van der Waals surface area (Å²) in [6, 6.07) is 20.5. The Morgan fingerprint density at radius 1 is 1.00 bits per heavy atom. The van der Waals surface area contributed by atoms with Crippen molar-refractivity contribution in [2.75, 3.05) is 11.9 Å². The molecule has 0 bridgehead atoms. The van der Waals surface area contributed by atoms with Crippen LogP contribution in [0.4, 0.5) is 11.4 Å². The molecule has 2 aromatic carbocycles. The number of phenols is 1. The van der Waals surface area contributed by atoms with Gasteiger partial charge in [-0.15, -0.1) is 0 Å². The van der Waals surface area contributed by atoms with E-state index >= 15 is 0 Å². The van der Waals surface area contributed by atoms with Crippen LogP contribution in [-0.4, -0.2) is 33.3 Å². The topological polar surface area (TPSA) is 107 Å². The van der Waals surface area contributed by atoms with E-state index in [1.807, 2.05) is 36.4 Å². The number of nitrogens with zero attached hydrogens (tertiary/aromatic N) is 1. The number of Topliss-reactive ketones (excluding diaryl/α,β-unsaturated/α-hetero) is 1. The average Bonchev–Trinajstić information content (AvgIpc) is 3.29. The molecule has 0 atom stereocenters. The zero-order valence-electron chi connectivity index (χ0n) is 20.6. The molecule has 2 aromatic heterocycles. The Balaban J connectivity index is 1.27. The number of pyridine rings is 1. The highest BCUT2D eigenvalue weighted by molar-refractivity contribution is 6.07. The van der Waals surface area contributed by atoms with Crippen molar-refractivity contribution in [3.05, 3.63) is 95.4 Å². The first-order valence-corrected chi connectivity index (χ1v) is 12.7. The highest BCUT2D eigenvalue weighted by Crippen LogP contribution is 2.38. The molecule has 1 aliphatic carbocycles. The van der Waals surface area contributed by atoms with Crippen LogP contribution in [0.25, 0.3) is 11.3 Å². The summed E-state index contributed by atoms with van der Waals surface area (Å²) in [5.74, 6) is -0.126. The lowest BCUT2D eigenvalue weighted by Gasteiger charge is -2.14. The molecule has 0 fully saturated rings. The normalized spacial score (nSPS) is 12.7. The number of nitrogens with one attached hydrogen (secondary N) is 3. The van der Waals surface area contributed by atoms with E-state index in [9.17, 15) is 14.7 Å². The van der Waals surface area contributed by atoms with Crippen molar-refractivity contribution >= 4 is 23.1 Å². The van der Waals surface area contributed by atoms with Crippen molar-refractivity contribution in [2.24, 2.45) is 0 Å². The lowest BCUT2D eigenvalue weighted by molar-refractivity contribution is 0.0947. The number of aromatic amines is 1. The number of fused-ring (bicyclic) bond motifs is 1. The van der Waals surface area contributed by atoms with Crippen molar-refractivity contribution in [2.45, 2.75) is 38.5 Å². The number of carbonyl (C=O) groups excluding carboxylic acids is 2. The summed E-state index contributed by atoms with van der Waals surface area (Å²) in [5, 5.41) is 16.2. The molecule has 0 unspecified atom stereocenters. The highest BCUT2D eigenvalue weighted by atomic mass is 16.3.